The molecule has 1 amide bonds. The number of carbonyl (C=O) groups excluding carboxylic acids is 1. The molecule has 0 unspecified atom stereocenters. The molecule has 140 valence electrons. The Kier molecular flexibility index (Phi) is 6.94. The van der Waals surface area contributed by atoms with Crippen molar-refractivity contribution in [2.45, 2.75) is 32.1 Å². The molecule has 0 saturated carbocycles. The maximum atomic E-state index is 12.7. The average Bonchev–Trinajstić information content (AvgIpc) is 3.28. The third-order valence-electron chi connectivity index (χ3n) is 5.87. The first-order chi connectivity index (χ1) is 11.3. The van der Waals surface area contributed by atoms with E-state index >= 15 is 0 Å². The molecule has 7 heteroatoms. The number of halogens is 2. The lowest BCUT2D eigenvalue weighted by Gasteiger charge is -2.38. The second-order valence-electron chi connectivity index (χ2n) is 7.32. The Hall–Kier alpha value is -1.04. The summed E-state index contributed by atoms with van der Waals surface area (Å²) >= 11 is 0. The van der Waals surface area contributed by atoms with Crippen LogP contribution in [-0.4, -0.2) is 55.1 Å². The summed E-state index contributed by atoms with van der Waals surface area (Å²) in [5.41, 5.74) is 1.18. The highest BCUT2D eigenvalue weighted by atomic mass is 35.5. The van der Waals surface area contributed by atoms with Gasteiger partial charge >= 0.3 is 0 Å². The normalized spacial score (nSPS) is 21.8. The molecule has 0 aromatic carbocycles. The van der Waals surface area contributed by atoms with Crippen LogP contribution in [-0.2, 0) is 0 Å². The average molecular weight is 387 g/mol. The number of nitrogens with zero attached hydrogens (tertiary/aromatic N) is 3. The van der Waals surface area contributed by atoms with Crippen LogP contribution >= 0.6 is 24.8 Å². The molecular weight excluding hydrogens is 359 g/mol. The zero-order chi connectivity index (χ0) is 15.7. The molecule has 3 aliphatic rings. The van der Waals surface area contributed by atoms with Crippen molar-refractivity contribution in [2.24, 2.45) is 5.41 Å². The first kappa shape index (κ1) is 20.3. The number of rotatable bonds is 2. The third kappa shape index (κ3) is 4.21. The molecular formula is C18H28Cl2N4O. The molecule has 3 aliphatic heterocycles. The maximum Gasteiger partial charge on any atom is 0.255 e. The molecule has 1 aromatic heterocycles. The van der Waals surface area contributed by atoms with Gasteiger partial charge in [-0.05, 0) is 56.2 Å². The molecule has 0 radical (unpaired) electrons. The lowest BCUT2D eigenvalue weighted by atomic mass is 9.78. The van der Waals surface area contributed by atoms with Crippen molar-refractivity contribution in [3.05, 3.63) is 23.9 Å². The summed E-state index contributed by atoms with van der Waals surface area (Å²) in [4.78, 5) is 21.5. The lowest BCUT2D eigenvalue weighted by molar-refractivity contribution is 0.0607. The zero-order valence-electron chi connectivity index (χ0n) is 14.6. The van der Waals surface area contributed by atoms with E-state index in [4.69, 9.17) is 0 Å². The largest absolute Gasteiger partial charge is 0.357 e. The topological polar surface area (TPSA) is 48.5 Å². The zero-order valence-corrected chi connectivity index (χ0v) is 16.2. The predicted octanol–water partition coefficient (Wildman–Crippen LogP) is 2.74. The molecule has 0 atom stereocenters. The predicted molar refractivity (Wildman–Crippen MR) is 105 cm³/mol. The summed E-state index contributed by atoms with van der Waals surface area (Å²) in [6.07, 6.45) is 7.77. The van der Waals surface area contributed by atoms with Crippen LogP contribution in [0.15, 0.2) is 18.3 Å². The van der Waals surface area contributed by atoms with Gasteiger partial charge in [0.25, 0.3) is 5.91 Å². The van der Waals surface area contributed by atoms with Crippen LogP contribution < -0.4 is 10.2 Å². The summed E-state index contributed by atoms with van der Waals surface area (Å²) in [6.45, 7) is 6.20. The van der Waals surface area contributed by atoms with E-state index in [-0.39, 0.29) is 30.7 Å². The van der Waals surface area contributed by atoms with Crippen LogP contribution in [0, 0.1) is 5.41 Å². The molecule has 4 heterocycles. The quantitative estimate of drug-likeness (QED) is 0.848. The van der Waals surface area contributed by atoms with Crippen LogP contribution in [0.5, 0.6) is 0 Å². The number of hydrogen-bond donors (Lipinski definition) is 1. The molecule has 3 saturated heterocycles. The van der Waals surface area contributed by atoms with E-state index in [1.165, 1.54) is 19.3 Å². The Balaban J connectivity index is 0.00000113. The van der Waals surface area contributed by atoms with Gasteiger partial charge in [-0.1, -0.05) is 0 Å². The van der Waals surface area contributed by atoms with E-state index in [9.17, 15) is 4.79 Å². The van der Waals surface area contributed by atoms with Gasteiger partial charge in [-0.2, -0.15) is 0 Å². The number of amides is 1. The molecule has 1 spiro atoms. The summed E-state index contributed by atoms with van der Waals surface area (Å²) in [7, 11) is 0. The van der Waals surface area contributed by atoms with Gasteiger partial charge < -0.3 is 15.1 Å². The van der Waals surface area contributed by atoms with Gasteiger partial charge in [-0.15, -0.1) is 24.8 Å². The fourth-order valence-electron chi connectivity index (χ4n) is 4.23. The van der Waals surface area contributed by atoms with Crippen molar-refractivity contribution in [3.8, 4) is 0 Å². The smallest absolute Gasteiger partial charge is 0.255 e. The van der Waals surface area contributed by atoms with Gasteiger partial charge in [-0.3, -0.25) is 4.79 Å². The van der Waals surface area contributed by atoms with E-state index in [0.29, 0.717) is 5.41 Å². The number of hydrogen-bond acceptors (Lipinski definition) is 4. The Morgan fingerprint density at radius 3 is 2.32 bits per heavy atom. The second kappa shape index (κ2) is 8.56. The van der Waals surface area contributed by atoms with E-state index in [0.717, 1.165) is 63.5 Å². The summed E-state index contributed by atoms with van der Waals surface area (Å²) in [5.74, 6) is 1.15. The highest BCUT2D eigenvalue weighted by Gasteiger charge is 2.38. The Morgan fingerprint density at radius 2 is 1.76 bits per heavy atom. The summed E-state index contributed by atoms with van der Waals surface area (Å²) in [5, 5.41) is 3.47. The molecule has 1 aromatic rings. The molecule has 5 nitrogen and oxygen atoms in total. The van der Waals surface area contributed by atoms with Gasteiger partial charge in [-0.25, -0.2) is 4.98 Å². The van der Waals surface area contributed by atoms with Gasteiger partial charge in [0, 0.05) is 38.9 Å². The fourth-order valence-corrected chi connectivity index (χ4v) is 4.23. The minimum absolute atomic E-state index is 0. The van der Waals surface area contributed by atoms with Crippen LogP contribution in [0.3, 0.4) is 0 Å². The standard InChI is InChI=1S/C18H26N4O.2ClH/c23-17(22-11-6-18(7-12-22)5-8-19-14-18)15-3-4-16(20-13-15)21-9-1-2-10-21;;/h3-4,13,19H,1-2,5-12,14H2;2*1H. The fraction of sp³-hybridized carbons (Fsp3) is 0.667. The SMILES string of the molecule is Cl.Cl.O=C(c1ccc(N2CCCC2)nc1)N1CCC2(CCNC2)CC1. The summed E-state index contributed by atoms with van der Waals surface area (Å²) in [6, 6.07) is 3.95. The number of piperidine rings is 1. The summed E-state index contributed by atoms with van der Waals surface area (Å²) < 4.78 is 0. The molecule has 25 heavy (non-hydrogen) atoms. The number of carbonyl (C=O) groups is 1. The van der Waals surface area contributed by atoms with Crippen molar-refractivity contribution in [1.82, 2.24) is 15.2 Å². The van der Waals surface area contributed by atoms with E-state index in [1.54, 1.807) is 6.20 Å². The van der Waals surface area contributed by atoms with Crippen LogP contribution in [0.4, 0.5) is 5.82 Å². The molecule has 3 fully saturated rings. The molecule has 0 bridgehead atoms. The van der Waals surface area contributed by atoms with Gasteiger partial charge in [0.1, 0.15) is 5.82 Å². The van der Waals surface area contributed by atoms with Crippen LogP contribution in [0.1, 0.15) is 42.5 Å². The van der Waals surface area contributed by atoms with Crippen molar-refractivity contribution in [3.63, 3.8) is 0 Å². The Morgan fingerprint density at radius 1 is 1.04 bits per heavy atom. The Bertz CT molecular complexity index is 559. The minimum Gasteiger partial charge on any atom is -0.357 e. The molecule has 4 rings (SSSR count). The first-order valence-corrected chi connectivity index (χ1v) is 8.97. The highest BCUT2D eigenvalue weighted by Crippen LogP contribution is 2.37. The first-order valence-electron chi connectivity index (χ1n) is 8.97. The van der Waals surface area contributed by atoms with E-state index in [1.807, 2.05) is 17.0 Å². The van der Waals surface area contributed by atoms with Crippen LogP contribution in [0.25, 0.3) is 0 Å². The second-order valence-corrected chi connectivity index (χ2v) is 7.32. The number of anilines is 1. The Labute approximate surface area is 162 Å². The van der Waals surface area contributed by atoms with Crippen LogP contribution in [0.2, 0.25) is 0 Å². The van der Waals surface area contributed by atoms with Crippen molar-refractivity contribution in [2.75, 3.05) is 44.2 Å². The van der Waals surface area contributed by atoms with Gasteiger partial charge in [0.2, 0.25) is 0 Å². The van der Waals surface area contributed by atoms with Crippen molar-refractivity contribution >= 4 is 36.5 Å². The minimum atomic E-state index is 0. The number of aromatic nitrogens is 1. The third-order valence-corrected chi connectivity index (χ3v) is 5.87. The van der Waals surface area contributed by atoms with Gasteiger partial charge in [0.15, 0.2) is 0 Å². The monoisotopic (exact) mass is 386 g/mol. The molecule has 0 aliphatic carbocycles. The lowest BCUT2D eigenvalue weighted by Crippen LogP contribution is -2.44. The molecule has 1 N–H and O–H groups in total. The number of pyridine rings is 1. The van der Waals surface area contributed by atoms with Crippen molar-refractivity contribution < 1.29 is 4.79 Å². The number of nitrogens with one attached hydrogen (secondary N) is 1. The van der Waals surface area contributed by atoms with Crippen molar-refractivity contribution in [1.29, 1.82) is 0 Å². The van der Waals surface area contributed by atoms with E-state index in [2.05, 4.69) is 15.2 Å². The number of likely N-dealkylation sites (tertiary alicyclic amines) is 1. The van der Waals surface area contributed by atoms with E-state index < -0.39 is 0 Å². The highest BCUT2D eigenvalue weighted by molar-refractivity contribution is 5.94. The maximum absolute atomic E-state index is 12.7. The van der Waals surface area contributed by atoms with Gasteiger partial charge in [0.05, 0.1) is 5.56 Å².